The largest absolute Gasteiger partial charge is 0.488 e. The molecule has 1 fully saturated rings. The van der Waals surface area contributed by atoms with Crippen molar-refractivity contribution in [1.82, 2.24) is 9.88 Å². The van der Waals surface area contributed by atoms with E-state index in [2.05, 4.69) is 48.0 Å². The van der Waals surface area contributed by atoms with Crippen LogP contribution >= 0.6 is 0 Å². The predicted molar refractivity (Wildman–Crippen MR) is 122 cm³/mol. The van der Waals surface area contributed by atoms with Gasteiger partial charge < -0.3 is 4.74 Å². The molecule has 1 aliphatic heterocycles. The summed E-state index contributed by atoms with van der Waals surface area (Å²) < 4.78 is 17.6. The van der Waals surface area contributed by atoms with E-state index in [1.54, 1.807) is 12.5 Å². The molecule has 4 rings (SSSR count). The third-order valence-electron chi connectivity index (χ3n) is 5.50. The van der Waals surface area contributed by atoms with Gasteiger partial charge in [0, 0.05) is 37.7 Å². The van der Waals surface area contributed by atoms with Gasteiger partial charge >= 0.3 is 0 Å². The third kappa shape index (κ3) is 4.97. The van der Waals surface area contributed by atoms with Gasteiger partial charge in [-0.15, -0.1) is 0 Å². The van der Waals surface area contributed by atoms with Crippen LogP contribution in [-0.4, -0.2) is 39.5 Å². The van der Waals surface area contributed by atoms with Crippen molar-refractivity contribution in [3.63, 3.8) is 0 Å². The summed E-state index contributed by atoms with van der Waals surface area (Å²) >= 11 is 0. The van der Waals surface area contributed by atoms with Gasteiger partial charge in [-0.25, -0.2) is 4.98 Å². The van der Waals surface area contributed by atoms with Crippen molar-refractivity contribution >= 4 is 10.8 Å². The van der Waals surface area contributed by atoms with E-state index in [0.717, 1.165) is 36.5 Å². The van der Waals surface area contributed by atoms with Gasteiger partial charge in [-0.2, -0.15) is 0 Å². The summed E-state index contributed by atoms with van der Waals surface area (Å²) in [5.74, 6) is 1.47. The zero-order chi connectivity index (χ0) is 21.1. The van der Waals surface area contributed by atoms with Crippen LogP contribution in [0.2, 0.25) is 0 Å². The summed E-state index contributed by atoms with van der Waals surface area (Å²) in [7, 11) is -1.05. The van der Waals surface area contributed by atoms with E-state index in [-0.39, 0.29) is 6.10 Å². The van der Waals surface area contributed by atoms with Crippen molar-refractivity contribution in [2.45, 2.75) is 37.4 Å². The van der Waals surface area contributed by atoms with Crippen LogP contribution in [0.1, 0.15) is 30.9 Å². The fourth-order valence-electron chi connectivity index (χ4n) is 3.63. The first-order valence-electron chi connectivity index (χ1n) is 10.4. The SMILES string of the molecule is CC(C)c1ccc(CN2CC(Oc3ccc(-c4ccc(S(C)=O)nc4)cc3)C2)cc1. The molecule has 0 spiro atoms. The van der Waals surface area contributed by atoms with E-state index in [1.165, 1.54) is 11.1 Å². The van der Waals surface area contributed by atoms with Gasteiger partial charge in [0.2, 0.25) is 0 Å². The Bertz CT molecular complexity index is 993. The zero-order valence-corrected chi connectivity index (χ0v) is 18.6. The minimum absolute atomic E-state index is 0.242. The van der Waals surface area contributed by atoms with Crippen molar-refractivity contribution in [3.05, 3.63) is 78.0 Å². The molecule has 0 radical (unpaired) electrons. The highest BCUT2D eigenvalue weighted by Crippen LogP contribution is 2.25. The van der Waals surface area contributed by atoms with Crippen molar-refractivity contribution < 1.29 is 8.95 Å². The fraction of sp³-hybridized carbons (Fsp3) is 0.320. The zero-order valence-electron chi connectivity index (χ0n) is 17.7. The maximum atomic E-state index is 11.5. The van der Waals surface area contributed by atoms with Crippen LogP contribution in [0.15, 0.2) is 71.9 Å². The number of ether oxygens (including phenoxy) is 1. The molecule has 156 valence electrons. The molecule has 1 unspecified atom stereocenters. The van der Waals surface area contributed by atoms with Gasteiger partial charge in [0.15, 0.2) is 0 Å². The molecule has 0 bridgehead atoms. The number of likely N-dealkylation sites (tertiary alicyclic amines) is 1. The number of rotatable bonds is 7. The van der Waals surface area contributed by atoms with E-state index in [1.807, 2.05) is 36.4 Å². The van der Waals surface area contributed by atoms with Crippen LogP contribution < -0.4 is 4.74 Å². The van der Waals surface area contributed by atoms with Crippen LogP contribution in [-0.2, 0) is 17.3 Å². The molecule has 0 saturated carbocycles. The topological polar surface area (TPSA) is 42.4 Å². The number of benzene rings is 2. The van der Waals surface area contributed by atoms with E-state index in [4.69, 9.17) is 4.74 Å². The standard InChI is InChI=1S/C25H28N2O2S/c1-18(2)20-6-4-19(5-7-20)15-27-16-24(17-27)29-23-11-8-21(9-12-23)22-10-13-25(26-14-22)30(3)28/h4-14,18,24H,15-17H2,1-3H3. The maximum Gasteiger partial charge on any atom is 0.126 e. The number of pyridine rings is 1. The molecule has 3 aromatic rings. The Morgan fingerprint density at radius 1 is 1.00 bits per heavy atom. The highest BCUT2D eigenvalue weighted by molar-refractivity contribution is 7.84. The first-order chi connectivity index (χ1) is 14.5. The van der Waals surface area contributed by atoms with Crippen molar-refractivity contribution in [3.8, 4) is 16.9 Å². The molecular formula is C25H28N2O2S. The lowest BCUT2D eigenvalue weighted by Gasteiger charge is -2.39. The van der Waals surface area contributed by atoms with Crippen molar-refractivity contribution in [2.24, 2.45) is 0 Å². The summed E-state index contributed by atoms with van der Waals surface area (Å²) in [6.45, 7) is 7.32. The van der Waals surface area contributed by atoms with Gasteiger partial charge in [-0.3, -0.25) is 9.11 Å². The molecule has 1 aromatic heterocycles. The monoisotopic (exact) mass is 420 g/mol. The molecule has 0 amide bonds. The average molecular weight is 421 g/mol. The smallest absolute Gasteiger partial charge is 0.126 e. The fourth-order valence-corrected chi connectivity index (χ4v) is 4.09. The Hall–Kier alpha value is -2.50. The molecule has 1 saturated heterocycles. The molecule has 1 atom stereocenters. The highest BCUT2D eigenvalue weighted by Gasteiger charge is 2.28. The van der Waals surface area contributed by atoms with Gasteiger partial charge in [0.25, 0.3) is 0 Å². The van der Waals surface area contributed by atoms with Crippen LogP contribution in [0.3, 0.4) is 0 Å². The van der Waals surface area contributed by atoms with Crippen LogP contribution in [0.5, 0.6) is 5.75 Å². The first kappa shape index (κ1) is 20.8. The Labute approximate surface area is 181 Å². The van der Waals surface area contributed by atoms with Gasteiger partial charge in [0.1, 0.15) is 16.9 Å². The van der Waals surface area contributed by atoms with Crippen molar-refractivity contribution in [1.29, 1.82) is 0 Å². The molecule has 0 aliphatic carbocycles. The lowest BCUT2D eigenvalue weighted by molar-refractivity contribution is 0.0146. The first-order valence-corrected chi connectivity index (χ1v) is 11.9. The Morgan fingerprint density at radius 3 is 2.23 bits per heavy atom. The summed E-state index contributed by atoms with van der Waals surface area (Å²) in [5.41, 5.74) is 4.82. The molecule has 4 nitrogen and oxygen atoms in total. The Kier molecular flexibility index (Phi) is 6.30. The third-order valence-corrected chi connectivity index (χ3v) is 6.33. The maximum absolute atomic E-state index is 11.5. The predicted octanol–water partition coefficient (Wildman–Crippen LogP) is 4.87. The number of aromatic nitrogens is 1. The van der Waals surface area contributed by atoms with Crippen LogP contribution in [0.4, 0.5) is 0 Å². The van der Waals surface area contributed by atoms with Gasteiger partial charge in [0.05, 0.1) is 10.8 Å². The second-order valence-electron chi connectivity index (χ2n) is 8.19. The van der Waals surface area contributed by atoms with Gasteiger partial charge in [-0.05, 0) is 40.8 Å². The normalized spacial score (nSPS) is 15.7. The van der Waals surface area contributed by atoms with Crippen LogP contribution in [0.25, 0.3) is 11.1 Å². The van der Waals surface area contributed by atoms with E-state index < -0.39 is 10.8 Å². The Morgan fingerprint density at radius 2 is 1.67 bits per heavy atom. The molecular weight excluding hydrogens is 392 g/mol. The molecule has 2 heterocycles. The summed E-state index contributed by atoms with van der Waals surface area (Å²) in [6.07, 6.45) is 3.65. The molecule has 1 aliphatic rings. The van der Waals surface area contributed by atoms with Crippen molar-refractivity contribution in [2.75, 3.05) is 19.3 Å². The molecule has 0 N–H and O–H groups in total. The Balaban J connectivity index is 1.27. The van der Waals surface area contributed by atoms with E-state index in [9.17, 15) is 4.21 Å². The molecule has 5 heteroatoms. The second kappa shape index (κ2) is 9.11. The summed E-state index contributed by atoms with van der Waals surface area (Å²) in [4.78, 5) is 6.68. The summed E-state index contributed by atoms with van der Waals surface area (Å²) in [5, 5.41) is 0.601. The lowest BCUT2D eigenvalue weighted by atomic mass is 10.0. The number of hydrogen-bond donors (Lipinski definition) is 0. The van der Waals surface area contributed by atoms with E-state index in [0.29, 0.717) is 10.9 Å². The van der Waals surface area contributed by atoms with Crippen LogP contribution in [0, 0.1) is 0 Å². The molecule has 30 heavy (non-hydrogen) atoms. The minimum Gasteiger partial charge on any atom is -0.488 e. The molecule has 2 aromatic carbocycles. The van der Waals surface area contributed by atoms with E-state index >= 15 is 0 Å². The quantitative estimate of drug-likeness (QED) is 0.547. The average Bonchev–Trinajstić information content (AvgIpc) is 2.73. The summed E-state index contributed by atoms with van der Waals surface area (Å²) in [6, 6.07) is 20.8. The number of nitrogens with zero attached hydrogens (tertiary/aromatic N) is 2. The lowest BCUT2D eigenvalue weighted by Crippen LogP contribution is -2.53. The minimum atomic E-state index is -1.05. The second-order valence-corrected chi connectivity index (χ2v) is 9.52. The number of hydrogen-bond acceptors (Lipinski definition) is 4. The highest BCUT2D eigenvalue weighted by atomic mass is 32.2. The van der Waals surface area contributed by atoms with Gasteiger partial charge in [-0.1, -0.05) is 56.3 Å².